The maximum Gasteiger partial charge on any atom is 0.251 e. The van der Waals surface area contributed by atoms with Crippen LogP contribution in [0.15, 0.2) is 256 Å². The molecule has 0 aliphatic heterocycles. The number of nitrogens with two attached hydrogens (primary N) is 1. The van der Waals surface area contributed by atoms with E-state index in [1.165, 1.54) is 36.0 Å². The molecular formula is C85H77Br5N18O3S5. The molecule has 15 aromatic rings. The summed E-state index contributed by atoms with van der Waals surface area (Å²) in [7, 11) is 1.65. The summed E-state index contributed by atoms with van der Waals surface area (Å²) in [5, 5.41) is 19.0. The molecule has 8 N–H and O–H groups in total. The predicted octanol–water partition coefficient (Wildman–Crippen LogP) is 24.3. The van der Waals surface area contributed by atoms with Crippen LogP contribution < -0.4 is 42.4 Å². The third kappa shape index (κ3) is 25.6. The molecule has 1 aliphatic rings. The molecule has 21 nitrogen and oxygen atoms in total. The van der Waals surface area contributed by atoms with E-state index in [0.717, 1.165) is 120 Å². The van der Waals surface area contributed by atoms with E-state index in [2.05, 4.69) is 249 Å². The molecule has 0 spiro atoms. The lowest BCUT2D eigenvalue weighted by atomic mass is 10.0. The van der Waals surface area contributed by atoms with Gasteiger partial charge in [-0.1, -0.05) is 52.0 Å². The highest BCUT2D eigenvalue weighted by Crippen LogP contribution is 2.37. The number of thiophene rings is 5. The van der Waals surface area contributed by atoms with Crippen LogP contribution in [0, 0.1) is 0 Å². The van der Waals surface area contributed by atoms with Crippen LogP contribution >= 0.6 is 136 Å². The number of hydrogen-bond donors (Lipinski definition) is 7. The molecule has 0 atom stereocenters. The van der Waals surface area contributed by atoms with E-state index < -0.39 is 5.91 Å². The number of carbonyl (C=O) groups is 2. The number of rotatable bonds is 24. The number of ether oxygens (including phenoxy) is 1. The number of halogens is 5. The molecule has 116 heavy (non-hydrogen) atoms. The molecule has 0 fully saturated rings. The van der Waals surface area contributed by atoms with Gasteiger partial charge in [-0.15, -0.1) is 56.7 Å². The molecule has 1 aliphatic carbocycles. The fraction of sp³-hybridized carbons (Fsp3) is 0.153. The second-order valence-electron chi connectivity index (χ2n) is 25.6. The Bertz CT molecular complexity index is 5730. The minimum atomic E-state index is -0.471. The number of amides is 2. The highest BCUT2D eigenvalue weighted by molar-refractivity contribution is 9.12. The number of primary amides is 1. The third-order valence-corrected chi connectivity index (χ3v) is 25.6. The van der Waals surface area contributed by atoms with Crippen LogP contribution in [0.4, 0.5) is 58.2 Å². The Balaban J connectivity index is 0.000000134. The normalized spacial score (nSPS) is 11.1. The Kier molecular flexibility index (Phi) is 31.5. The second kappa shape index (κ2) is 42.8. The zero-order chi connectivity index (χ0) is 81.3. The van der Waals surface area contributed by atoms with Gasteiger partial charge in [0, 0.05) is 83.6 Å². The number of aryl methyl sites for hydroxylation is 2. The van der Waals surface area contributed by atoms with Gasteiger partial charge in [-0.25, -0.2) is 49.8 Å². The van der Waals surface area contributed by atoms with Crippen molar-refractivity contribution < 1.29 is 14.3 Å². The lowest BCUT2D eigenvalue weighted by Gasteiger charge is -2.18. The van der Waals surface area contributed by atoms with Crippen LogP contribution in [0.3, 0.4) is 0 Å². The maximum atomic E-state index is 12.3. The zero-order valence-electron chi connectivity index (χ0n) is 63.2. The first-order valence-corrected chi connectivity index (χ1v) is 44.5. The van der Waals surface area contributed by atoms with Gasteiger partial charge in [-0.3, -0.25) is 9.59 Å². The maximum absolute atomic E-state index is 12.3. The van der Waals surface area contributed by atoms with Gasteiger partial charge in [0.05, 0.1) is 78.9 Å². The van der Waals surface area contributed by atoms with Crippen LogP contribution in [0.1, 0.15) is 77.4 Å². The molecule has 16 rings (SSSR count). The lowest BCUT2D eigenvalue weighted by molar-refractivity contribution is 0.0947. The van der Waals surface area contributed by atoms with E-state index in [-0.39, 0.29) is 5.91 Å². The average Bonchev–Trinajstić information content (AvgIpc) is 1.63. The number of nitrogens with zero attached hydrogens (tertiary/aromatic N) is 11. The van der Waals surface area contributed by atoms with Gasteiger partial charge < -0.3 is 47.3 Å². The number of aromatic nitrogens is 10. The number of benzene rings is 5. The van der Waals surface area contributed by atoms with Crippen LogP contribution in [-0.4, -0.2) is 99.8 Å². The van der Waals surface area contributed by atoms with E-state index in [1.807, 2.05) is 121 Å². The second-order valence-corrected chi connectivity index (χ2v) is 37.9. The third-order valence-electron chi connectivity index (χ3n) is 17.4. The van der Waals surface area contributed by atoms with Gasteiger partial charge >= 0.3 is 0 Å². The minimum Gasteiger partial charge on any atom is -0.497 e. The Labute approximate surface area is 734 Å². The molecule has 10 aromatic heterocycles. The first-order valence-electron chi connectivity index (χ1n) is 36.5. The molecule has 5 aromatic carbocycles. The summed E-state index contributed by atoms with van der Waals surface area (Å²) in [6.45, 7) is 12.1. The number of nitrogens with one attached hydrogen (secondary N) is 6. The largest absolute Gasteiger partial charge is 0.497 e. The van der Waals surface area contributed by atoms with E-state index in [4.69, 9.17) is 10.5 Å². The predicted molar refractivity (Wildman–Crippen MR) is 495 cm³/mol. The zero-order valence-corrected chi connectivity index (χ0v) is 75.2. The van der Waals surface area contributed by atoms with Crippen LogP contribution in [-0.2, 0) is 12.8 Å². The molecule has 2 amide bonds. The Morgan fingerprint density at radius 1 is 0.422 bits per heavy atom. The van der Waals surface area contributed by atoms with Crippen molar-refractivity contribution in [3.63, 3.8) is 0 Å². The van der Waals surface area contributed by atoms with Gasteiger partial charge in [0.2, 0.25) is 35.6 Å². The molecule has 0 bridgehead atoms. The quantitative estimate of drug-likeness (QED) is 0.0296. The fourth-order valence-electron chi connectivity index (χ4n) is 11.4. The topological polar surface area (TPSA) is 274 Å². The molecule has 0 saturated heterocycles. The first kappa shape index (κ1) is 85.5. The van der Waals surface area contributed by atoms with Crippen molar-refractivity contribution in [1.29, 1.82) is 0 Å². The van der Waals surface area contributed by atoms with Gasteiger partial charge in [-0.05, 0) is 317 Å². The standard InChI is InChI=1S/C21H24BrN5OS.C17H14BrN3S.C17H16BrN3S.C15H11BrN4OS.C15H12BrN3OS/c1-3-27(4-2)14-13-23-20(28)15-5-7-16(8-6-15)25-21-24-12-11-17(26-21)18-9-10-19(22)29-18;18-16-7-6-15(22-16)14-8-9-19-17(21-14)20-13-5-4-11-2-1-3-12(11)10-13;1-11(2)12-3-5-13(6-4-12)20-17-19-10-9-14(21-17)15-7-8-16(18)22-15;16-13-5-4-12(22-13)11-6-7-18-15(20-11)19-10-3-1-2-9(8-10)14(17)21;1-20-11-4-2-10(3-5-11)18-15-17-9-8-12(19-15)13-6-7-14(16)21-13/h5-12H,3-4,13-14H2,1-2H3,(H,23,28)(H,24,25,26);4-10H,1-3H2,(H,19,20,21);3-11H,1-2H3,(H,19,20,21);1-8H,(H2,17,21)(H,18,19,20);2-9H,1H3,(H,17,18,19). The Morgan fingerprint density at radius 2 is 0.776 bits per heavy atom. The average molecular weight is 1960 g/mol. The molecule has 31 heteroatoms. The molecule has 10 heterocycles. The summed E-state index contributed by atoms with van der Waals surface area (Å²) in [6, 6.07) is 66.5. The van der Waals surface area contributed by atoms with Crippen molar-refractivity contribution in [2.75, 3.05) is 59.9 Å². The van der Waals surface area contributed by atoms with Gasteiger partial charge in [0.25, 0.3) is 5.91 Å². The van der Waals surface area contributed by atoms with Crippen LogP contribution in [0.5, 0.6) is 5.75 Å². The number of hydrogen-bond acceptors (Lipinski definition) is 24. The highest BCUT2D eigenvalue weighted by Gasteiger charge is 2.16. The monoisotopic (exact) mass is 1950 g/mol. The van der Waals surface area contributed by atoms with E-state index in [1.54, 1.807) is 125 Å². The fourth-order valence-corrected chi connectivity index (χ4v) is 18.2. The summed E-state index contributed by atoms with van der Waals surface area (Å²) < 4.78 is 10.5. The summed E-state index contributed by atoms with van der Waals surface area (Å²) in [4.78, 5) is 75.4. The minimum absolute atomic E-state index is 0.0646. The Morgan fingerprint density at radius 3 is 1.13 bits per heavy atom. The molecule has 0 unspecified atom stereocenters. The number of fused-ring (bicyclic) bond motifs is 1. The first-order chi connectivity index (χ1) is 56.3. The van der Waals surface area contributed by atoms with Gasteiger partial charge in [-0.2, -0.15) is 0 Å². The van der Waals surface area contributed by atoms with Gasteiger partial charge in [0.1, 0.15) is 5.75 Å². The van der Waals surface area contributed by atoms with Crippen molar-refractivity contribution >= 4 is 206 Å². The summed E-state index contributed by atoms with van der Waals surface area (Å²) in [6.07, 6.45) is 12.4. The number of likely N-dealkylation sites (N-methyl/N-ethyl adjacent to an activating group) is 1. The summed E-state index contributed by atoms with van der Waals surface area (Å²) in [5.74, 6) is 3.62. The number of methoxy groups -OCH3 is 1. The van der Waals surface area contributed by atoms with Crippen molar-refractivity contribution in [3.8, 4) is 58.6 Å². The van der Waals surface area contributed by atoms with Crippen LogP contribution in [0.25, 0.3) is 52.9 Å². The Hall–Kier alpha value is -9.90. The number of carbonyl (C=O) groups excluding carboxylic acids is 2. The lowest BCUT2D eigenvalue weighted by Crippen LogP contribution is -2.34. The highest BCUT2D eigenvalue weighted by atomic mass is 79.9. The van der Waals surface area contributed by atoms with Crippen molar-refractivity contribution in [2.24, 2.45) is 5.73 Å². The van der Waals surface area contributed by atoms with E-state index >= 15 is 0 Å². The van der Waals surface area contributed by atoms with E-state index in [0.29, 0.717) is 59.0 Å². The SMILES string of the molecule is Brc1ccc(-c2ccnc(Nc3ccc4c(c3)CCC4)n2)s1.CC(C)c1ccc(Nc2nccc(-c3ccc(Br)s3)n2)cc1.CCN(CC)CCNC(=O)c1ccc(Nc2nccc(-c3ccc(Br)s3)n2)cc1.COc1ccc(Nc2nccc(-c3ccc(Br)s3)n2)cc1.NC(=O)c1cccc(Nc2nccc(-c3ccc(Br)s3)n2)c1. The number of anilines is 10. The molecule has 590 valence electrons. The molecular weight excluding hydrogens is 1880 g/mol. The van der Waals surface area contributed by atoms with Gasteiger partial charge in [0.15, 0.2) is 0 Å². The summed E-state index contributed by atoms with van der Waals surface area (Å²) in [5.41, 5.74) is 19.6. The van der Waals surface area contributed by atoms with Crippen molar-refractivity contribution in [1.82, 2.24) is 60.1 Å². The molecule has 0 saturated carbocycles. The van der Waals surface area contributed by atoms with Crippen molar-refractivity contribution in [3.05, 3.63) is 284 Å². The molecule has 0 radical (unpaired) electrons. The van der Waals surface area contributed by atoms with Crippen LogP contribution in [0.2, 0.25) is 0 Å². The smallest absolute Gasteiger partial charge is 0.251 e. The van der Waals surface area contributed by atoms with Crippen molar-refractivity contribution in [2.45, 2.75) is 52.9 Å². The summed E-state index contributed by atoms with van der Waals surface area (Å²) >= 11 is 25.5. The van der Waals surface area contributed by atoms with E-state index in [9.17, 15) is 9.59 Å².